The Kier molecular flexibility index (Phi) is 24.6. The minimum Gasteiger partial charge on any atom is -0.103 e. The molecule has 0 aromatic heterocycles. The van der Waals surface area contributed by atoms with Gasteiger partial charge in [-0.05, 0) is 12.8 Å². The molecule has 0 saturated carbocycles. The Labute approximate surface area is 140 Å². The van der Waals surface area contributed by atoms with Crippen molar-refractivity contribution >= 4 is 11.0 Å². The molecule has 21 heavy (non-hydrogen) atoms. The third kappa shape index (κ3) is 22.4. The zero-order valence-electron chi connectivity index (χ0n) is 14.8. The molecule has 0 amide bonds. The van der Waals surface area contributed by atoms with E-state index in [4.69, 9.17) is 0 Å². The number of unbranched alkanes of at least 4 members (excludes halogenated alkanes) is 16. The summed E-state index contributed by atoms with van der Waals surface area (Å²) in [5.41, 5.74) is 0. The molecule has 0 rings (SSSR count). The third-order valence-electron chi connectivity index (χ3n) is 4.26. The van der Waals surface area contributed by atoms with E-state index in [9.17, 15) is 0 Å². The number of hydrogen-bond donors (Lipinski definition) is 0. The van der Waals surface area contributed by atoms with Gasteiger partial charge in [0, 0.05) is 11.0 Å². The lowest BCUT2D eigenvalue weighted by Gasteiger charge is -2.03. The van der Waals surface area contributed by atoms with Gasteiger partial charge in [0.05, 0.1) is 0 Å². The van der Waals surface area contributed by atoms with Gasteiger partial charge in [-0.15, -0.1) is 6.58 Å². The second-order valence-corrected chi connectivity index (χ2v) is 6.38. The predicted molar refractivity (Wildman–Crippen MR) is 100 cm³/mol. The summed E-state index contributed by atoms with van der Waals surface area (Å²) in [6.07, 6.45) is 26.4. The van der Waals surface area contributed by atoms with Gasteiger partial charge in [-0.3, -0.25) is 0 Å². The molecule has 0 bridgehead atoms. The second kappa shape index (κ2) is 22.2. The van der Waals surface area contributed by atoms with Gasteiger partial charge in [0.25, 0.3) is 0 Å². The second-order valence-electron chi connectivity index (χ2n) is 6.38. The Morgan fingerprint density at radius 3 is 1.10 bits per heavy atom. The highest BCUT2D eigenvalue weighted by Crippen LogP contribution is 2.13. The molecular weight excluding hydrogens is 268 g/mol. The monoisotopic (exact) mass is 308 g/mol. The van der Waals surface area contributed by atoms with Crippen molar-refractivity contribution in [1.29, 1.82) is 0 Å². The van der Waals surface area contributed by atoms with Crippen LogP contribution >= 0.6 is 0 Å². The van der Waals surface area contributed by atoms with Gasteiger partial charge in [-0.2, -0.15) is 0 Å². The summed E-state index contributed by atoms with van der Waals surface area (Å²) in [6.45, 7) is 6.06. The van der Waals surface area contributed by atoms with Crippen LogP contribution in [-0.4, -0.2) is 11.0 Å². The number of rotatable bonds is 17. The first-order valence-corrected chi connectivity index (χ1v) is 9.52. The summed E-state index contributed by atoms with van der Waals surface area (Å²) in [4.78, 5) is 0. The van der Waals surface area contributed by atoms with Crippen molar-refractivity contribution in [2.24, 2.45) is 0 Å². The average molecular weight is 309 g/mol. The Bertz CT molecular complexity index is 177. The van der Waals surface area contributed by atoms with Crippen LogP contribution in [0.15, 0.2) is 12.7 Å². The van der Waals surface area contributed by atoms with Crippen molar-refractivity contribution in [1.82, 2.24) is 0 Å². The van der Waals surface area contributed by atoms with Gasteiger partial charge >= 0.3 is 0 Å². The van der Waals surface area contributed by atoms with Crippen molar-refractivity contribution in [2.45, 2.75) is 116 Å². The fraction of sp³-hybridized carbons (Fsp3) is 0.900. The van der Waals surface area contributed by atoms with Crippen LogP contribution in [0.3, 0.4) is 0 Å². The van der Waals surface area contributed by atoms with E-state index in [0.29, 0.717) is 0 Å². The maximum Gasteiger partial charge on any atom is 0 e. The van der Waals surface area contributed by atoms with E-state index in [1.54, 1.807) is 0 Å². The molecule has 0 aromatic rings. The lowest BCUT2D eigenvalue weighted by atomic mass is 10.0. The molecule has 1 heteroatoms. The molecule has 0 atom stereocenters. The summed E-state index contributed by atoms with van der Waals surface area (Å²) < 4.78 is 0. The molecule has 0 nitrogen and oxygen atoms in total. The average Bonchev–Trinajstić information content (AvgIpc) is 2.47. The first-order chi connectivity index (χ1) is 9.91. The molecule has 0 saturated heterocycles. The molecule has 0 N–H and O–H groups in total. The van der Waals surface area contributed by atoms with Crippen LogP contribution in [0.4, 0.5) is 0 Å². The van der Waals surface area contributed by atoms with Crippen molar-refractivity contribution in [3.63, 3.8) is 0 Å². The van der Waals surface area contributed by atoms with Crippen LogP contribution in [-0.2, 0) is 0 Å². The lowest BCUT2D eigenvalue weighted by molar-refractivity contribution is 0.530. The minimum absolute atomic E-state index is 0. The fourth-order valence-electron chi connectivity index (χ4n) is 2.84. The van der Waals surface area contributed by atoms with Gasteiger partial charge in [0.15, 0.2) is 0 Å². The first kappa shape index (κ1) is 23.2. The molecule has 0 unspecified atom stereocenters. The van der Waals surface area contributed by atoms with Crippen molar-refractivity contribution < 1.29 is 0 Å². The SMILES string of the molecule is C=CCCCCCCCCCCCCCCCCCC.[Si]. The maximum absolute atomic E-state index is 3.77. The summed E-state index contributed by atoms with van der Waals surface area (Å²) in [7, 11) is 0. The van der Waals surface area contributed by atoms with E-state index in [2.05, 4.69) is 13.5 Å². The highest BCUT2D eigenvalue weighted by Gasteiger charge is 1.94. The molecule has 0 aliphatic rings. The molecule has 0 spiro atoms. The Balaban J connectivity index is 0. The minimum atomic E-state index is 0. The zero-order valence-corrected chi connectivity index (χ0v) is 15.8. The van der Waals surface area contributed by atoms with E-state index in [1.165, 1.54) is 109 Å². The highest BCUT2D eigenvalue weighted by atomic mass is 28.1. The molecule has 124 valence electrons. The molecule has 0 fully saturated rings. The number of allylic oxidation sites excluding steroid dienone is 1. The van der Waals surface area contributed by atoms with Gasteiger partial charge in [-0.1, -0.05) is 109 Å². The normalized spacial score (nSPS) is 10.3. The third-order valence-corrected chi connectivity index (χ3v) is 4.26. The first-order valence-electron chi connectivity index (χ1n) is 9.52. The van der Waals surface area contributed by atoms with Gasteiger partial charge in [0.1, 0.15) is 0 Å². The summed E-state index contributed by atoms with van der Waals surface area (Å²) in [6, 6.07) is 0. The van der Waals surface area contributed by atoms with Crippen molar-refractivity contribution in [3.05, 3.63) is 12.7 Å². The van der Waals surface area contributed by atoms with Crippen LogP contribution in [0, 0.1) is 0 Å². The van der Waals surface area contributed by atoms with Crippen molar-refractivity contribution in [3.8, 4) is 0 Å². The van der Waals surface area contributed by atoms with Crippen LogP contribution in [0.25, 0.3) is 0 Å². The molecular formula is C20H40Si. The smallest absolute Gasteiger partial charge is 0 e. The molecule has 0 aliphatic carbocycles. The summed E-state index contributed by atoms with van der Waals surface area (Å²) in [5.74, 6) is 0. The van der Waals surface area contributed by atoms with Gasteiger partial charge < -0.3 is 0 Å². The molecule has 0 heterocycles. The van der Waals surface area contributed by atoms with E-state index >= 15 is 0 Å². The van der Waals surface area contributed by atoms with E-state index < -0.39 is 0 Å². The van der Waals surface area contributed by atoms with Crippen molar-refractivity contribution in [2.75, 3.05) is 0 Å². The quantitative estimate of drug-likeness (QED) is 0.149. The standard InChI is InChI=1S/C20H40.Si/c1-3-5-7-9-11-13-15-17-19-20-18-16-14-12-10-8-6-4-2;/h3H,1,4-20H2,2H3;. The molecule has 0 aliphatic heterocycles. The molecule has 0 aromatic carbocycles. The number of hydrogen-bond acceptors (Lipinski definition) is 0. The van der Waals surface area contributed by atoms with E-state index in [-0.39, 0.29) is 11.0 Å². The predicted octanol–water partition coefficient (Wildman–Crippen LogP) is 7.44. The van der Waals surface area contributed by atoms with Gasteiger partial charge in [0.2, 0.25) is 0 Å². The topological polar surface area (TPSA) is 0 Å². The summed E-state index contributed by atoms with van der Waals surface area (Å²) >= 11 is 0. The zero-order chi connectivity index (χ0) is 14.7. The fourth-order valence-corrected chi connectivity index (χ4v) is 2.84. The van der Waals surface area contributed by atoms with Crippen LogP contribution < -0.4 is 0 Å². The maximum atomic E-state index is 3.77. The van der Waals surface area contributed by atoms with E-state index in [1.807, 2.05) is 6.08 Å². The highest BCUT2D eigenvalue weighted by molar-refractivity contribution is 5.75. The van der Waals surface area contributed by atoms with E-state index in [0.717, 1.165) is 0 Å². The Hall–Kier alpha value is -0.0431. The Morgan fingerprint density at radius 1 is 0.524 bits per heavy atom. The summed E-state index contributed by atoms with van der Waals surface area (Å²) in [5, 5.41) is 0. The Morgan fingerprint density at radius 2 is 0.810 bits per heavy atom. The van der Waals surface area contributed by atoms with Crippen LogP contribution in [0.1, 0.15) is 116 Å². The van der Waals surface area contributed by atoms with Crippen LogP contribution in [0.2, 0.25) is 0 Å². The van der Waals surface area contributed by atoms with Gasteiger partial charge in [-0.25, -0.2) is 0 Å². The molecule has 4 radical (unpaired) electrons. The lowest BCUT2D eigenvalue weighted by Crippen LogP contribution is -1.83. The largest absolute Gasteiger partial charge is 0.103 e. The van der Waals surface area contributed by atoms with Crippen LogP contribution in [0.5, 0.6) is 0 Å².